The molecule has 0 atom stereocenters. The molecular formula is C11H8BrCl2N3. The van der Waals surface area contributed by atoms with Crippen LogP contribution in [0.25, 0.3) is 0 Å². The molecule has 0 aliphatic heterocycles. The summed E-state index contributed by atoms with van der Waals surface area (Å²) in [6.07, 6.45) is 0. The Balaban J connectivity index is 2.31. The molecule has 2 aromatic rings. The SMILES string of the molecule is Cc1cc(Nc2ccc(Br)cc2Cl)nc(Cl)n1. The number of nitrogens with zero attached hydrogens (tertiary/aromatic N) is 2. The maximum Gasteiger partial charge on any atom is 0.224 e. The van der Waals surface area contributed by atoms with Gasteiger partial charge in [-0.05, 0) is 36.7 Å². The average molecular weight is 333 g/mol. The van der Waals surface area contributed by atoms with E-state index >= 15 is 0 Å². The van der Waals surface area contributed by atoms with Crippen LogP contribution in [-0.2, 0) is 0 Å². The van der Waals surface area contributed by atoms with Crippen molar-refractivity contribution in [2.24, 2.45) is 0 Å². The second kappa shape index (κ2) is 5.21. The second-order valence-electron chi connectivity index (χ2n) is 3.41. The lowest BCUT2D eigenvalue weighted by molar-refractivity contribution is 1.10. The van der Waals surface area contributed by atoms with Crippen LogP contribution in [0.5, 0.6) is 0 Å². The van der Waals surface area contributed by atoms with E-state index in [2.05, 4.69) is 31.2 Å². The van der Waals surface area contributed by atoms with Gasteiger partial charge in [0.2, 0.25) is 5.28 Å². The fourth-order valence-corrected chi connectivity index (χ4v) is 2.27. The molecule has 0 unspecified atom stereocenters. The third-order valence-corrected chi connectivity index (χ3v) is 3.00. The van der Waals surface area contributed by atoms with Crippen LogP contribution in [0.1, 0.15) is 5.69 Å². The Bertz CT molecular complexity index is 540. The molecule has 1 aromatic carbocycles. The molecule has 0 spiro atoms. The lowest BCUT2D eigenvalue weighted by atomic mass is 10.3. The van der Waals surface area contributed by atoms with Crippen LogP contribution in [0.4, 0.5) is 11.5 Å². The molecule has 0 amide bonds. The van der Waals surface area contributed by atoms with E-state index in [0.717, 1.165) is 15.9 Å². The maximum atomic E-state index is 6.09. The quantitative estimate of drug-likeness (QED) is 0.817. The van der Waals surface area contributed by atoms with Crippen LogP contribution in [-0.4, -0.2) is 9.97 Å². The van der Waals surface area contributed by atoms with E-state index < -0.39 is 0 Å². The van der Waals surface area contributed by atoms with Crippen LogP contribution in [0.15, 0.2) is 28.7 Å². The minimum Gasteiger partial charge on any atom is -0.339 e. The van der Waals surface area contributed by atoms with Gasteiger partial charge < -0.3 is 5.32 Å². The van der Waals surface area contributed by atoms with E-state index in [4.69, 9.17) is 23.2 Å². The minimum atomic E-state index is 0.209. The summed E-state index contributed by atoms with van der Waals surface area (Å²) in [5, 5.41) is 3.91. The number of halogens is 3. The first-order valence-corrected chi connectivity index (χ1v) is 6.33. The Morgan fingerprint density at radius 2 is 1.94 bits per heavy atom. The van der Waals surface area contributed by atoms with Crippen LogP contribution in [0.3, 0.4) is 0 Å². The van der Waals surface area contributed by atoms with Crippen molar-refractivity contribution in [3.63, 3.8) is 0 Å². The van der Waals surface area contributed by atoms with Crippen molar-refractivity contribution in [3.8, 4) is 0 Å². The van der Waals surface area contributed by atoms with Gasteiger partial charge in [-0.1, -0.05) is 27.5 Å². The molecule has 0 aliphatic rings. The normalized spacial score (nSPS) is 10.4. The first-order chi connectivity index (χ1) is 8.04. The molecule has 0 radical (unpaired) electrons. The highest BCUT2D eigenvalue weighted by molar-refractivity contribution is 9.10. The Morgan fingerprint density at radius 3 is 2.59 bits per heavy atom. The molecule has 0 bridgehead atoms. The Labute approximate surface area is 117 Å². The predicted octanol–water partition coefficient (Wildman–Crippen LogP) is 4.60. The summed E-state index contributed by atoms with van der Waals surface area (Å²) < 4.78 is 0.921. The van der Waals surface area contributed by atoms with Crippen molar-refractivity contribution in [1.29, 1.82) is 0 Å². The zero-order chi connectivity index (χ0) is 12.4. The monoisotopic (exact) mass is 331 g/mol. The molecule has 1 aromatic heterocycles. The first-order valence-electron chi connectivity index (χ1n) is 4.78. The molecule has 0 saturated heterocycles. The average Bonchev–Trinajstić information content (AvgIpc) is 2.21. The number of benzene rings is 1. The predicted molar refractivity (Wildman–Crippen MR) is 74.2 cm³/mol. The van der Waals surface area contributed by atoms with Gasteiger partial charge >= 0.3 is 0 Å². The number of anilines is 2. The summed E-state index contributed by atoms with van der Waals surface area (Å²) in [5.41, 5.74) is 1.56. The Morgan fingerprint density at radius 1 is 1.18 bits per heavy atom. The number of hydrogen-bond acceptors (Lipinski definition) is 3. The number of aromatic nitrogens is 2. The summed E-state index contributed by atoms with van der Waals surface area (Å²) in [7, 11) is 0. The molecule has 1 heterocycles. The van der Waals surface area contributed by atoms with Crippen LogP contribution >= 0.6 is 39.1 Å². The molecule has 0 fully saturated rings. The molecule has 1 N–H and O–H groups in total. The lowest BCUT2D eigenvalue weighted by Crippen LogP contribution is -1.97. The third kappa shape index (κ3) is 3.31. The van der Waals surface area contributed by atoms with Crippen LogP contribution < -0.4 is 5.32 Å². The van der Waals surface area contributed by atoms with Gasteiger partial charge in [0.15, 0.2) is 0 Å². The molecule has 2 rings (SSSR count). The molecule has 6 heteroatoms. The minimum absolute atomic E-state index is 0.209. The third-order valence-electron chi connectivity index (χ3n) is 2.02. The van der Waals surface area contributed by atoms with E-state index in [9.17, 15) is 0 Å². The van der Waals surface area contributed by atoms with E-state index in [-0.39, 0.29) is 5.28 Å². The maximum absolute atomic E-state index is 6.09. The van der Waals surface area contributed by atoms with Crippen molar-refractivity contribution < 1.29 is 0 Å². The highest BCUT2D eigenvalue weighted by Crippen LogP contribution is 2.28. The van der Waals surface area contributed by atoms with Gasteiger partial charge in [-0.25, -0.2) is 9.97 Å². The van der Waals surface area contributed by atoms with Gasteiger partial charge in [0.25, 0.3) is 0 Å². The van der Waals surface area contributed by atoms with Gasteiger partial charge in [0, 0.05) is 16.2 Å². The van der Waals surface area contributed by atoms with Crippen molar-refractivity contribution in [2.75, 3.05) is 5.32 Å². The molecule has 88 valence electrons. The van der Waals surface area contributed by atoms with E-state index in [1.807, 2.05) is 19.1 Å². The topological polar surface area (TPSA) is 37.8 Å². The molecule has 3 nitrogen and oxygen atoms in total. The number of aryl methyl sites for hydroxylation is 1. The van der Waals surface area contributed by atoms with Crippen molar-refractivity contribution in [3.05, 3.63) is 44.7 Å². The summed E-state index contributed by atoms with van der Waals surface area (Å²) in [6, 6.07) is 7.35. The Hall–Kier alpha value is -0.840. The van der Waals surface area contributed by atoms with Gasteiger partial charge in [0.1, 0.15) is 5.82 Å². The fraction of sp³-hybridized carbons (Fsp3) is 0.0909. The standard InChI is InChI=1S/C11H8BrCl2N3/c1-6-4-10(17-11(14)15-6)16-9-3-2-7(12)5-8(9)13/h2-5H,1H3,(H,15,16,17). The second-order valence-corrected chi connectivity index (χ2v) is 5.07. The molecule has 0 saturated carbocycles. The summed E-state index contributed by atoms with van der Waals surface area (Å²) in [4.78, 5) is 8.05. The Kier molecular flexibility index (Phi) is 3.86. The molecular weight excluding hydrogens is 325 g/mol. The largest absolute Gasteiger partial charge is 0.339 e. The highest BCUT2D eigenvalue weighted by atomic mass is 79.9. The van der Waals surface area contributed by atoms with Crippen molar-refractivity contribution >= 4 is 50.6 Å². The highest BCUT2D eigenvalue weighted by Gasteiger charge is 2.04. The lowest BCUT2D eigenvalue weighted by Gasteiger charge is -2.08. The van der Waals surface area contributed by atoms with Gasteiger partial charge in [-0.15, -0.1) is 0 Å². The van der Waals surface area contributed by atoms with E-state index in [1.165, 1.54) is 0 Å². The summed E-state index contributed by atoms with van der Waals surface area (Å²) in [5.74, 6) is 0.617. The molecule has 17 heavy (non-hydrogen) atoms. The number of hydrogen-bond donors (Lipinski definition) is 1. The molecule has 0 aliphatic carbocycles. The van der Waals surface area contributed by atoms with Crippen molar-refractivity contribution in [2.45, 2.75) is 6.92 Å². The summed E-state index contributed by atoms with van der Waals surface area (Å²) in [6.45, 7) is 1.85. The van der Waals surface area contributed by atoms with Crippen molar-refractivity contribution in [1.82, 2.24) is 9.97 Å². The zero-order valence-corrected chi connectivity index (χ0v) is 11.9. The zero-order valence-electron chi connectivity index (χ0n) is 8.84. The van der Waals surface area contributed by atoms with E-state index in [1.54, 1.807) is 12.1 Å². The van der Waals surface area contributed by atoms with Crippen LogP contribution in [0, 0.1) is 6.92 Å². The van der Waals surface area contributed by atoms with Crippen LogP contribution in [0.2, 0.25) is 10.3 Å². The number of nitrogens with one attached hydrogen (secondary N) is 1. The van der Waals surface area contributed by atoms with E-state index in [0.29, 0.717) is 10.8 Å². The summed E-state index contributed by atoms with van der Waals surface area (Å²) >= 11 is 15.2. The first kappa shape index (κ1) is 12.6. The van der Waals surface area contributed by atoms with Gasteiger partial charge in [-0.3, -0.25) is 0 Å². The smallest absolute Gasteiger partial charge is 0.224 e. The fourth-order valence-electron chi connectivity index (χ4n) is 1.33. The number of rotatable bonds is 2. The van der Waals surface area contributed by atoms with Gasteiger partial charge in [0.05, 0.1) is 10.7 Å². The van der Waals surface area contributed by atoms with Gasteiger partial charge in [-0.2, -0.15) is 0 Å².